The molecule has 3 rings (SSSR count). The van der Waals surface area contributed by atoms with Crippen molar-refractivity contribution < 1.29 is 4.79 Å². The highest BCUT2D eigenvalue weighted by Crippen LogP contribution is 2.32. The zero-order valence-electron chi connectivity index (χ0n) is 13.6. The van der Waals surface area contributed by atoms with Crippen LogP contribution in [0.5, 0.6) is 0 Å². The second kappa shape index (κ2) is 7.62. The van der Waals surface area contributed by atoms with Crippen molar-refractivity contribution in [3.63, 3.8) is 0 Å². The normalized spacial score (nSPS) is 14.1. The molecule has 0 fully saturated rings. The molecular formula is C19H23ClN2O. The number of halogens is 1. The van der Waals surface area contributed by atoms with Crippen molar-refractivity contribution in [1.29, 1.82) is 0 Å². The summed E-state index contributed by atoms with van der Waals surface area (Å²) in [5.74, 6) is 0.197. The molecule has 1 aliphatic rings. The van der Waals surface area contributed by atoms with Gasteiger partial charge in [-0.25, -0.2) is 0 Å². The van der Waals surface area contributed by atoms with E-state index in [1.54, 1.807) is 0 Å². The van der Waals surface area contributed by atoms with Crippen LogP contribution in [-0.4, -0.2) is 24.4 Å². The molecule has 122 valence electrons. The average molecular weight is 331 g/mol. The van der Waals surface area contributed by atoms with Crippen molar-refractivity contribution in [2.24, 2.45) is 5.92 Å². The molecule has 1 amide bonds. The summed E-state index contributed by atoms with van der Waals surface area (Å²) >= 11 is 0. The highest BCUT2D eigenvalue weighted by molar-refractivity contribution is 5.85. The van der Waals surface area contributed by atoms with Gasteiger partial charge in [-0.05, 0) is 29.3 Å². The van der Waals surface area contributed by atoms with Gasteiger partial charge in [-0.2, -0.15) is 0 Å². The molecule has 0 saturated heterocycles. The molecular weight excluding hydrogens is 308 g/mol. The Balaban J connectivity index is 0.00000192. The van der Waals surface area contributed by atoms with Crippen molar-refractivity contribution in [2.45, 2.75) is 20.0 Å². The standard InChI is InChI=1S/C19H22N2O.ClH/c1-14(11-20-2)19(22)21-12-15-7-3-5-9-17(15)18-10-6-4-8-16(18)13-21;/h3-10,14,20H,11-13H2,1-2H3;1H. The quantitative estimate of drug-likeness (QED) is 0.934. The van der Waals surface area contributed by atoms with Crippen molar-refractivity contribution in [3.05, 3.63) is 59.7 Å². The van der Waals surface area contributed by atoms with E-state index < -0.39 is 0 Å². The van der Waals surface area contributed by atoms with Crippen molar-refractivity contribution in [3.8, 4) is 11.1 Å². The third kappa shape index (κ3) is 3.57. The van der Waals surface area contributed by atoms with Gasteiger partial charge in [0.05, 0.1) is 0 Å². The van der Waals surface area contributed by atoms with Crippen LogP contribution in [-0.2, 0) is 17.9 Å². The molecule has 0 aromatic heterocycles. The topological polar surface area (TPSA) is 32.3 Å². The predicted octanol–water partition coefficient (Wildman–Crippen LogP) is 3.47. The maximum atomic E-state index is 12.7. The minimum Gasteiger partial charge on any atom is -0.334 e. The fourth-order valence-corrected chi connectivity index (χ4v) is 3.17. The smallest absolute Gasteiger partial charge is 0.227 e. The summed E-state index contributed by atoms with van der Waals surface area (Å²) in [6, 6.07) is 16.8. The van der Waals surface area contributed by atoms with E-state index >= 15 is 0 Å². The molecule has 4 heteroatoms. The van der Waals surface area contributed by atoms with Gasteiger partial charge in [-0.1, -0.05) is 55.5 Å². The third-order valence-corrected chi connectivity index (χ3v) is 4.29. The van der Waals surface area contributed by atoms with Gasteiger partial charge in [0, 0.05) is 25.6 Å². The zero-order chi connectivity index (χ0) is 15.5. The lowest BCUT2D eigenvalue weighted by atomic mass is 9.97. The first-order chi connectivity index (χ1) is 10.7. The summed E-state index contributed by atoms with van der Waals surface area (Å²) in [7, 11) is 1.89. The number of carbonyl (C=O) groups is 1. The Morgan fingerprint density at radius 2 is 1.52 bits per heavy atom. The lowest BCUT2D eigenvalue weighted by molar-refractivity contribution is -0.136. The maximum absolute atomic E-state index is 12.7. The van der Waals surface area contributed by atoms with Gasteiger partial charge in [0.2, 0.25) is 5.91 Å². The minimum absolute atomic E-state index is 0. The van der Waals surface area contributed by atoms with Crippen molar-refractivity contribution >= 4 is 18.3 Å². The van der Waals surface area contributed by atoms with Crippen LogP contribution in [0.15, 0.2) is 48.5 Å². The first-order valence-electron chi connectivity index (χ1n) is 7.80. The van der Waals surface area contributed by atoms with E-state index in [0.29, 0.717) is 19.6 Å². The fraction of sp³-hybridized carbons (Fsp3) is 0.316. The van der Waals surface area contributed by atoms with E-state index in [9.17, 15) is 4.79 Å². The number of nitrogens with one attached hydrogen (secondary N) is 1. The highest BCUT2D eigenvalue weighted by Gasteiger charge is 2.25. The van der Waals surface area contributed by atoms with E-state index in [1.807, 2.05) is 31.0 Å². The maximum Gasteiger partial charge on any atom is 0.227 e. The monoisotopic (exact) mass is 330 g/mol. The van der Waals surface area contributed by atoms with Gasteiger partial charge in [-0.15, -0.1) is 12.4 Å². The highest BCUT2D eigenvalue weighted by atomic mass is 35.5. The number of hydrogen-bond acceptors (Lipinski definition) is 2. The molecule has 1 N–H and O–H groups in total. The molecule has 0 radical (unpaired) electrons. The van der Waals surface area contributed by atoms with E-state index in [4.69, 9.17) is 0 Å². The number of fused-ring (bicyclic) bond motifs is 3. The van der Waals surface area contributed by atoms with E-state index in [1.165, 1.54) is 22.3 Å². The van der Waals surface area contributed by atoms with Crippen LogP contribution in [0, 0.1) is 5.92 Å². The molecule has 0 aliphatic carbocycles. The van der Waals surface area contributed by atoms with Crippen LogP contribution in [0.1, 0.15) is 18.1 Å². The van der Waals surface area contributed by atoms with E-state index in [-0.39, 0.29) is 24.2 Å². The van der Waals surface area contributed by atoms with Crippen LogP contribution >= 0.6 is 12.4 Å². The van der Waals surface area contributed by atoms with Crippen molar-refractivity contribution in [2.75, 3.05) is 13.6 Å². The van der Waals surface area contributed by atoms with Gasteiger partial charge in [0.15, 0.2) is 0 Å². The Bertz CT molecular complexity index is 639. The van der Waals surface area contributed by atoms with Crippen molar-refractivity contribution in [1.82, 2.24) is 10.2 Å². The van der Waals surface area contributed by atoms with E-state index in [0.717, 1.165) is 0 Å². The number of rotatable bonds is 3. The lowest BCUT2D eigenvalue weighted by Gasteiger charge is -2.25. The van der Waals surface area contributed by atoms with E-state index in [2.05, 4.69) is 41.7 Å². The SMILES string of the molecule is CNCC(C)C(=O)N1Cc2ccccc2-c2ccccc2C1.Cl. The van der Waals surface area contributed by atoms with Gasteiger partial charge in [0.25, 0.3) is 0 Å². The molecule has 23 heavy (non-hydrogen) atoms. The van der Waals surface area contributed by atoms with Crippen LogP contribution < -0.4 is 5.32 Å². The Morgan fingerprint density at radius 1 is 1.04 bits per heavy atom. The molecule has 2 aromatic rings. The van der Waals surface area contributed by atoms with Crippen LogP contribution in [0.25, 0.3) is 11.1 Å². The Labute approximate surface area is 144 Å². The molecule has 0 bridgehead atoms. The summed E-state index contributed by atoms with van der Waals surface area (Å²) in [6.07, 6.45) is 0. The molecule has 1 atom stereocenters. The summed E-state index contributed by atoms with van der Waals surface area (Å²) in [5.41, 5.74) is 4.93. The van der Waals surface area contributed by atoms with Crippen LogP contribution in [0.3, 0.4) is 0 Å². The molecule has 0 saturated carbocycles. The van der Waals surface area contributed by atoms with Crippen LogP contribution in [0.2, 0.25) is 0 Å². The minimum atomic E-state index is -0.0116. The number of carbonyl (C=O) groups excluding carboxylic acids is 1. The average Bonchev–Trinajstić information content (AvgIpc) is 2.71. The third-order valence-electron chi connectivity index (χ3n) is 4.29. The van der Waals surface area contributed by atoms with Gasteiger partial charge in [-0.3, -0.25) is 4.79 Å². The summed E-state index contributed by atoms with van der Waals surface area (Å²) in [4.78, 5) is 14.7. The fourth-order valence-electron chi connectivity index (χ4n) is 3.17. The number of hydrogen-bond donors (Lipinski definition) is 1. The predicted molar refractivity (Wildman–Crippen MR) is 96.5 cm³/mol. The molecule has 1 aliphatic heterocycles. The second-order valence-corrected chi connectivity index (χ2v) is 5.97. The van der Waals surface area contributed by atoms with Gasteiger partial charge in [0.1, 0.15) is 0 Å². The summed E-state index contributed by atoms with van der Waals surface area (Å²) in [6.45, 7) is 4.05. The summed E-state index contributed by atoms with van der Waals surface area (Å²) < 4.78 is 0. The molecule has 1 heterocycles. The van der Waals surface area contributed by atoms with Crippen LogP contribution in [0.4, 0.5) is 0 Å². The molecule has 2 aromatic carbocycles. The Hall–Kier alpha value is -1.84. The Kier molecular flexibility index (Phi) is 5.80. The molecule has 3 nitrogen and oxygen atoms in total. The Morgan fingerprint density at radius 3 is 2.00 bits per heavy atom. The zero-order valence-corrected chi connectivity index (χ0v) is 14.4. The summed E-state index contributed by atoms with van der Waals surface area (Å²) in [5, 5.41) is 3.09. The second-order valence-electron chi connectivity index (χ2n) is 5.97. The largest absolute Gasteiger partial charge is 0.334 e. The number of amides is 1. The lowest BCUT2D eigenvalue weighted by Crippen LogP contribution is -2.37. The van der Waals surface area contributed by atoms with Gasteiger partial charge < -0.3 is 10.2 Å². The van der Waals surface area contributed by atoms with Gasteiger partial charge >= 0.3 is 0 Å². The molecule has 1 unspecified atom stereocenters. The number of benzene rings is 2. The first-order valence-corrected chi connectivity index (χ1v) is 7.80. The molecule has 0 spiro atoms. The number of nitrogens with zero attached hydrogens (tertiary/aromatic N) is 1. The first kappa shape index (κ1) is 17.5.